The maximum Gasteiger partial charge on any atom is 0.164 e. The van der Waals surface area contributed by atoms with Gasteiger partial charge in [-0.25, -0.2) is 8.78 Å². The summed E-state index contributed by atoms with van der Waals surface area (Å²) in [7, 11) is 1.67. The second-order valence-corrected chi connectivity index (χ2v) is 9.93. The third-order valence-electron chi connectivity index (χ3n) is 7.55. The average molecular weight is 475 g/mol. The number of halogens is 2. The first-order valence-electron chi connectivity index (χ1n) is 12.2. The number of fused-ring (bicyclic) bond motifs is 1. The van der Waals surface area contributed by atoms with E-state index in [0.717, 1.165) is 71.3 Å². The van der Waals surface area contributed by atoms with Crippen LogP contribution in [0, 0.1) is 24.5 Å². The fourth-order valence-corrected chi connectivity index (χ4v) is 5.64. The van der Waals surface area contributed by atoms with Crippen molar-refractivity contribution < 1.29 is 13.5 Å². The first-order chi connectivity index (χ1) is 17.0. The topological polar surface area (TPSA) is 55.7 Å². The number of nitrogens with zero attached hydrogens (tertiary/aromatic N) is 3. The summed E-state index contributed by atoms with van der Waals surface area (Å²) in [4.78, 5) is 3.36. The Hall–Kier alpha value is -3.48. The molecule has 4 aromatic rings. The smallest absolute Gasteiger partial charge is 0.164 e. The molecule has 1 aliphatic carbocycles. The summed E-state index contributed by atoms with van der Waals surface area (Å²) < 4.78 is 36.0. The van der Waals surface area contributed by atoms with E-state index < -0.39 is 17.0 Å². The molecule has 0 amide bonds. The normalized spacial score (nSPS) is 19.5. The lowest BCUT2D eigenvalue weighted by molar-refractivity contribution is 0.316. The zero-order valence-electron chi connectivity index (χ0n) is 19.9. The largest absolute Gasteiger partial charge is 0.496 e. The molecule has 0 radical (unpaired) electrons. The Labute approximate surface area is 203 Å². The minimum Gasteiger partial charge on any atom is -0.496 e. The summed E-state index contributed by atoms with van der Waals surface area (Å²) in [5, 5.41) is 9.31. The molecule has 1 aliphatic heterocycles. The van der Waals surface area contributed by atoms with Gasteiger partial charge in [-0.3, -0.25) is 0 Å². The molecule has 1 atom stereocenters. The van der Waals surface area contributed by atoms with E-state index in [1.165, 1.54) is 25.0 Å². The third-order valence-corrected chi connectivity index (χ3v) is 7.55. The van der Waals surface area contributed by atoms with Crippen LogP contribution in [0.4, 0.5) is 8.78 Å². The van der Waals surface area contributed by atoms with Crippen LogP contribution in [0.3, 0.4) is 0 Å². The zero-order chi connectivity index (χ0) is 24.2. The van der Waals surface area contributed by atoms with Crippen molar-refractivity contribution in [2.24, 2.45) is 5.92 Å². The highest BCUT2D eigenvalue weighted by molar-refractivity contribution is 5.73. The van der Waals surface area contributed by atoms with Crippen LogP contribution in [0.5, 0.6) is 5.75 Å². The van der Waals surface area contributed by atoms with Gasteiger partial charge in [-0.15, -0.1) is 10.2 Å². The predicted octanol–water partition coefficient (Wildman–Crippen LogP) is 6.42. The van der Waals surface area contributed by atoms with E-state index in [1.54, 1.807) is 13.2 Å². The van der Waals surface area contributed by atoms with E-state index >= 15 is 0 Å². The quantitative estimate of drug-likeness (QED) is 0.351. The molecule has 6 rings (SSSR count). The number of H-pyrrole nitrogens is 1. The second kappa shape index (κ2) is 8.33. The van der Waals surface area contributed by atoms with E-state index in [4.69, 9.17) is 4.74 Å². The monoisotopic (exact) mass is 474 g/mol. The van der Waals surface area contributed by atoms with Gasteiger partial charge in [0, 0.05) is 29.1 Å². The fraction of sp³-hybridized carbons (Fsp3) is 0.357. The highest BCUT2D eigenvalue weighted by atomic mass is 19.2. The van der Waals surface area contributed by atoms with Gasteiger partial charge in [0.05, 0.1) is 12.5 Å². The Balaban J connectivity index is 1.45. The molecule has 2 aromatic heterocycles. The molecule has 1 fully saturated rings. The molecule has 1 saturated carbocycles. The minimum absolute atomic E-state index is 0.467. The molecule has 180 valence electrons. The number of methoxy groups -OCH3 is 1. The van der Waals surface area contributed by atoms with Gasteiger partial charge in [-0.1, -0.05) is 25.0 Å². The molecule has 7 heteroatoms. The molecule has 3 heterocycles. The van der Waals surface area contributed by atoms with Crippen molar-refractivity contribution in [1.29, 1.82) is 0 Å². The maximum absolute atomic E-state index is 14.3. The molecule has 2 aromatic carbocycles. The van der Waals surface area contributed by atoms with Gasteiger partial charge in [0.1, 0.15) is 11.6 Å². The highest BCUT2D eigenvalue weighted by Crippen LogP contribution is 2.50. The SMILES string of the molecule is COc1cc(-c2nnc3n2CCCC3(CC2CC2)c2ccc(F)c(F)c2)ccc1-c1ccc(C)[nH]1. The predicted molar refractivity (Wildman–Crippen MR) is 130 cm³/mol. The van der Waals surface area contributed by atoms with Crippen LogP contribution in [0.25, 0.3) is 22.6 Å². The first kappa shape index (κ1) is 22.0. The van der Waals surface area contributed by atoms with Crippen LogP contribution in [0.2, 0.25) is 0 Å². The molecular formula is C28H28F2N4O. The minimum atomic E-state index is -0.822. The maximum atomic E-state index is 14.3. The lowest BCUT2D eigenvalue weighted by atomic mass is 9.70. The molecule has 2 aliphatic rings. The van der Waals surface area contributed by atoms with Crippen LogP contribution in [-0.4, -0.2) is 26.9 Å². The first-order valence-corrected chi connectivity index (χ1v) is 12.2. The Bertz CT molecular complexity index is 1400. The summed E-state index contributed by atoms with van der Waals surface area (Å²) in [5.74, 6) is 1.32. The lowest BCUT2D eigenvalue weighted by Gasteiger charge is -2.38. The Morgan fingerprint density at radius 3 is 2.63 bits per heavy atom. The van der Waals surface area contributed by atoms with Gasteiger partial charge < -0.3 is 14.3 Å². The Kier molecular flexibility index (Phi) is 5.24. The number of nitrogens with one attached hydrogen (secondary N) is 1. The number of rotatable bonds is 6. The standard InChI is InChI=1S/C28H28F2N4O/c1-17-4-11-24(31-17)21-9-7-19(14-25(21)35-2)26-32-33-27-28(16-18-5-6-18,12-3-13-34(26)27)20-8-10-22(29)23(30)15-20/h4,7-11,14-15,18,31H,3,5-6,12-13,16H2,1-2H3. The van der Waals surface area contributed by atoms with E-state index in [-0.39, 0.29) is 0 Å². The van der Waals surface area contributed by atoms with Crippen LogP contribution >= 0.6 is 0 Å². The average Bonchev–Trinajstić information content (AvgIpc) is 3.39. The molecule has 1 N–H and O–H groups in total. The van der Waals surface area contributed by atoms with Crippen molar-refractivity contribution in [3.05, 3.63) is 77.2 Å². The van der Waals surface area contributed by atoms with Crippen LogP contribution < -0.4 is 4.74 Å². The highest BCUT2D eigenvalue weighted by Gasteiger charge is 2.45. The summed E-state index contributed by atoms with van der Waals surface area (Å²) in [6.07, 6.45) is 4.99. The number of benzene rings is 2. The van der Waals surface area contributed by atoms with Crippen molar-refractivity contribution in [3.8, 4) is 28.4 Å². The summed E-state index contributed by atoms with van der Waals surface area (Å²) in [5.41, 5.74) is 4.30. The van der Waals surface area contributed by atoms with Crippen molar-refractivity contribution in [2.75, 3.05) is 7.11 Å². The molecule has 35 heavy (non-hydrogen) atoms. The van der Waals surface area contributed by atoms with Crippen molar-refractivity contribution in [3.63, 3.8) is 0 Å². The van der Waals surface area contributed by atoms with Gasteiger partial charge in [-0.05, 0) is 74.1 Å². The number of aromatic nitrogens is 4. The Morgan fingerprint density at radius 1 is 1.06 bits per heavy atom. The number of hydrogen-bond acceptors (Lipinski definition) is 3. The van der Waals surface area contributed by atoms with Gasteiger partial charge in [-0.2, -0.15) is 0 Å². The molecule has 5 nitrogen and oxygen atoms in total. The van der Waals surface area contributed by atoms with Crippen molar-refractivity contribution in [2.45, 2.75) is 51.0 Å². The van der Waals surface area contributed by atoms with E-state index in [2.05, 4.69) is 19.7 Å². The van der Waals surface area contributed by atoms with Crippen LogP contribution in [-0.2, 0) is 12.0 Å². The molecule has 0 bridgehead atoms. The molecule has 0 spiro atoms. The Morgan fingerprint density at radius 2 is 1.91 bits per heavy atom. The lowest BCUT2D eigenvalue weighted by Crippen LogP contribution is -2.36. The molecule has 0 saturated heterocycles. The molecule has 1 unspecified atom stereocenters. The van der Waals surface area contributed by atoms with Crippen LogP contribution in [0.15, 0.2) is 48.5 Å². The van der Waals surface area contributed by atoms with Crippen molar-refractivity contribution >= 4 is 0 Å². The van der Waals surface area contributed by atoms with Gasteiger partial charge in [0.2, 0.25) is 0 Å². The molecular weight excluding hydrogens is 446 g/mol. The van der Waals surface area contributed by atoms with Gasteiger partial charge in [0.25, 0.3) is 0 Å². The van der Waals surface area contributed by atoms with E-state index in [9.17, 15) is 8.78 Å². The number of aryl methyl sites for hydroxylation is 1. The van der Waals surface area contributed by atoms with Gasteiger partial charge in [0.15, 0.2) is 17.5 Å². The number of ether oxygens (including phenoxy) is 1. The summed E-state index contributed by atoms with van der Waals surface area (Å²) in [6, 6.07) is 14.5. The van der Waals surface area contributed by atoms with Gasteiger partial charge >= 0.3 is 0 Å². The fourth-order valence-electron chi connectivity index (χ4n) is 5.64. The number of hydrogen-bond donors (Lipinski definition) is 1. The zero-order valence-corrected chi connectivity index (χ0v) is 19.9. The number of aromatic amines is 1. The van der Waals surface area contributed by atoms with Crippen LogP contribution in [0.1, 0.15) is 49.2 Å². The van der Waals surface area contributed by atoms with E-state index in [1.807, 2.05) is 37.3 Å². The van der Waals surface area contributed by atoms with Crippen molar-refractivity contribution in [1.82, 2.24) is 19.7 Å². The second-order valence-electron chi connectivity index (χ2n) is 9.93. The third kappa shape index (κ3) is 3.74. The summed E-state index contributed by atoms with van der Waals surface area (Å²) in [6.45, 7) is 2.81. The van der Waals surface area contributed by atoms with E-state index in [0.29, 0.717) is 5.92 Å². The summed E-state index contributed by atoms with van der Waals surface area (Å²) >= 11 is 0.